The van der Waals surface area contributed by atoms with Crippen molar-refractivity contribution in [2.75, 3.05) is 10.8 Å². The van der Waals surface area contributed by atoms with Crippen molar-refractivity contribution in [2.45, 2.75) is 31.7 Å². The van der Waals surface area contributed by atoms with Gasteiger partial charge in [-0.15, -0.1) is 0 Å². The van der Waals surface area contributed by atoms with Crippen LogP contribution in [-0.4, -0.2) is 37.7 Å². The van der Waals surface area contributed by atoms with Gasteiger partial charge in [0.2, 0.25) is 0 Å². The average Bonchev–Trinajstić information content (AvgIpc) is 3.46. The van der Waals surface area contributed by atoms with Crippen LogP contribution in [0.25, 0.3) is 0 Å². The number of hydrogen-bond donors (Lipinski definition) is 4. The van der Waals surface area contributed by atoms with Crippen LogP contribution in [0.1, 0.15) is 31.2 Å². The molecule has 1 amide bonds. The number of nitrogens with one attached hydrogen (secondary N) is 3. The van der Waals surface area contributed by atoms with Crippen molar-refractivity contribution in [3.8, 4) is 5.75 Å². The molecule has 1 saturated heterocycles. The number of anilines is 1. The fraction of sp³-hybridized carbons (Fsp3) is 0.412. The number of aromatic hydroxyl groups is 1. The fourth-order valence-corrected chi connectivity index (χ4v) is 4.18. The van der Waals surface area contributed by atoms with E-state index in [0.29, 0.717) is 16.3 Å². The number of carbonyl (C=O) groups is 1. The molecule has 8 nitrogen and oxygen atoms in total. The molecule has 1 aliphatic heterocycles. The first-order chi connectivity index (χ1) is 12.8. The molecule has 3 fully saturated rings. The van der Waals surface area contributed by atoms with Gasteiger partial charge in [-0.3, -0.25) is 4.79 Å². The van der Waals surface area contributed by atoms with Gasteiger partial charge < -0.3 is 15.8 Å². The third-order valence-corrected chi connectivity index (χ3v) is 6.10. The van der Waals surface area contributed by atoms with E-state index in [1.165, 1.54) is 6.07 Å². The number of amides is 1. The topological polar surface area (TPSA) is 123 Å². The van der Waals surface area contributed by atoms with Crippen molar-refractivity contribution in [1.82, 2.24) is 10.0 Å². The van der Waals surface area contributed by atoms with Crippen molar-refractivity contribution >= 4 is 27.5 Å². The van der Waals surface area contributed by atoms with Gasteiger partial charge in [0.15, 0.2) is 5.82 Å². The number of carbonyl (C=O) groups excluding carboxylic acids is 1. The molecule has 27 heavy (non-hydrogen) atoms. The molecule has 2 saturated carbocycles. The second-order valence-corrected chi connectivity index (χ2v) is 8.63. The molecule has 0 bridgehead atoms. The predicted octanol–water partition coefficient (Wildman–Crippen LogP) is 1.13. The molecule has 1 aromatic carbocycles. The van der Waals surface area contributed by atoms with Gasteiger partial charge in [-0.2, -0.15) is 8.42 Å². The molecule has 0 radical (unpaired) electrons. The molecule has 144 valence electrons. The zero-order valence-corrected chi connectivity index (χ0v) is 15.1. The van der Waals surface area contributed by atoms with E-state index in [1.54, 1.807) is 10.8 Å². The average molecular weight is 394 g/mol. The zero-order valence-electron chi connectivity index (χ0n) is 14.3. The third kappa shape index (κ3) is 3.48. The number of halogens is 1. The smallest absolute Gasteiger partial charge is 0.326 e. The van der Waals surface area contributed by atoms with Crippen LogP contribution in [0.2, 0.25) is 0 Å². The van der Waals surface area contributed by atoms with Gasteiger partial charge >= 0.3 is 10.2 Å². The molecule has 2 aliphatic carbocycles. The Balaban J connectivity index is 1.69. The summed E-state index contributed by atoms with van der Waals surface area (Å²) < 4.78 is 41.3. The summed E-state index contributed by atoms with van der Waals surface area (Å²) in [6, 6.07) is 2.75. The van der Waals surface area contributed by atoms with Gasteiger partial charge in [0.25, 0.3) is 5.91 Å². The maximum Gasteiger partial charge on any atom is 0.326 e. The third-order valence-electron chi connectivity index (χ3n) is 4.72. The second-order valence-electron chi connectivity index (χ2n) is 7.04. The number of nitrogens with zero attached hydrogens (tertiary/aromatic N) is 1. The van der Waals surface area contributed by atoms with Gasteiger partial charge in [0.1, 0.15) is 18.0 Å². The van der Waals surface area contributed by atoms with Crippen LogP contribution < -0.4 is 14.3 Å². The van der Waals surface area contributed by atoms with Gasteiger partial charge in [0, 0.05) is 17.3 Å². The molecule has 1 aromatic rings. The maximum atomic E-state index is 15.1. The van der Waals surface area contributed by atoms with Gasteiger partial charge in [0.05, 0.1) is 5.71 Å². The van der Waals surface area contributed by atoms with E-state index in [9.17, 15) is 18.3 Å². The van der Waals surface area contributed by atoms with E-state index in [1.807, 2.05) is 0 Å². The minimum Gasteiger partial charge on any atom is -0.506 e. The Kier molecular flexibility index (Phi) is 4.10. The second kappa shape index (κ2) is 6.22. The number of phenolic OH excluding ortho intramolecular Hbond substituents is 1. The molecule has 4 rings (SSSR count). The number of allylic oxidation sites excluding steroid dienone is 2. The first kappa shape index (κ1) is 17.8. The number of rotatable bonds is 6. The quantitative estimate of drug-likeness (QED) is 0.539. The van der Waals surface area contributed by atoms with Crippen molar-refractivity contribution in [3.63, 3.8) is 0 Å². The Morgan fingerprint density at radius 3 is 2.59 bits per heavy atom. The number of hydrogen-bond acceptors (Lipinski definition) is 6. The SMILES string of the molecule is N=C(/C=C(\NC1CC1)C1CC1)c1ccc(O)c(N2CC(=O)NS2(=O)=O)c1F. The molecular weight excluding hydrogens is 375 g/mol. The summed E-state index contributed by atoms with van der Waals surface area (Å²) in [6.07, 6.45) is 5.74. The lowest BCUT2D eigenvalue weighted by Gasteiger charge is -2.18. The van der Waals surface area contributed by atoms with E-state index >= 15 is 4.39 Å². The largest absolute Gasteiger partial charge is 0.506 e. The minimum atomic E-state index is -4.28. The Morgan fingerprint density at radius 2 is 2.04 bits per heavy atom. The van der Waals surface area contributed by atoms with E-state index in [0.717, 1.165) is 37.4 Å². The Bertz CT molecular complexity index is 967. The molecule has 10 heteroatoms. The van der Waals surface area contributed by atoms with Crippen molar-refractivity contribution in [3.05, 3.63) is 35.3 Å². The minimum absolute atomic E-state index is 0.125. The molecule has 0 aromatic heterocycles. The molecule has 0 unspecified atom stereocenters. The monoisotopic (exact) mass is 394 g/mol. The molecule has 4 N–H and O–H groups in total. The summed E-state index contributed by atoms with van der Waals surface area (Å²) in [5.41, 5.74) is -0.0120. The van der Waals surface area contributed by atoms with Gasteiger partial charge in [-0.25, -0.2) is 13.4 Å². The first-order valence-electron chi connectivity index (χ1n) is 8.68. The summed E-state index contributed by atoms with van der Waals surface area (Å²) in [4.78, 5) is 11.4. The van der Waals surface area contributed by atoms with Crippen molar-refractivity contribution in [1.29, 1.82) is 5.41 Å². The highest BCUT2D eigenvalue weighted by molar-refractivity contribution is 7.92. The van der Waals surface area contributed by atoms with Crippen LogP contribution in [0.3, 0.4) is 0 Å². The van der Waals surface area contributed by atoms with Gasteiger partial charge in [-0.1, -0.05) is 0 Å². The van der Waals surface area contributed by atoms with E-state index in [-0.39, 0.29) is 11.3 Å². The standard InChI is InChI=1S/C17H19FN4O4S/c18-16-11(12(19)7-13(9-1-2-9)20-10-3-4-10)5-6-14(23)17(16)22-8-15(24)21-27(22,25)26/h5-7,9-10,19-20,23H,1-4,8H2,(H,21,24)/b13-7-,19-12?. The highest BCUT2D eigenvalue weighted by Crippen LogP contribution is 2.38. The van der Waals surface area contributed by atoms with E-state index < -0.39 is 39.9 Å². The molecule has 0 atom stereocenters. The maximum absolute atomic E-state index is 15.1. The van der Waals surface area contributed by atoms with Crippen LogP contribution >= 0.6 is 0 Å². The molecule has 3 aliphatic rings. The lowest BCUT2D eigenvalue weighted by molar-refractivity contribution is -0.117. The predicted molar refractivity (Wildman–Crippen MR) is 96.3 cm³/mol. The van der Waals surface area contributed by atoms with Crippen LogP contribution in [-0.2, 0) is 15.0 Å². The van der Waals surface area contributed by atoms with Crippen molar-refractivity contribution in [2.24, 2.45) is 5.92 Å². The normalized spacial score (nSPS) is 21.9. The van der Waals surface area contributed by atoms with Crippen LogP contribution in [0.4, 0.5) is 10.1 Å². The molecular formula is C17H19FN4O4S. The molecule has 1 heterocycles. The molecule has 0 spiro atoms. The highest BCUT2D eigenvalue weighted by Gasteiger charge is 2.38. The van der Waals surface area contributed by atoms with Crippen LogP contribution in [0, 0.1) is 17.1 Å². The van der Waals surface area contributed by atoms with Crippen molar-refractivity contribution < 1.29 is 22.7 Å². The summed E-state index contributed by atoms with van der Waals surface area (Å²) >= 11 is 0. The summed E-state index contributed by atoms with van der Waals surface area (Å²) in [6.45, 7) is -0.629. The van der Waals surface area contributed by atoms with E-state index in [2.05, 4.69) is 5.32 Å². The van der Waals surface area contributed by atoms with Gasteiger partial charge in [-0.05, 0) is 49.8 Å². The zero-order chi connectivity index (χ0) is 19.3. The summed E-state index contributed by atoms with van der Waals surface area (Å²) in [5, 5.41) is 21.6. The highest BCUT2D eigenvalue weighted by atomic mass is 32.2. The lowest BCUT2D eigenvalue weighted by Crippen LogP contribution is -2.30. The summed E-state index contributed by atoms with van der Waals surface area (Å²) in [7, 11) is -4.28. The summed E-state index contributed by atoms with van der Waals surface area (Å²) in [5.74, 6) is -2.16. The fourth-order valence-electron chi connectivity index (χ4n) is 3.01. The first-order valence-corrected chi connectivity index (χ1v) is 10.1. The number of phenols is 1. The van der Waals surface area contributed by atoms with E-state index in [4.69, 9.17) is 5.41 Å². The lowest BCUT2D eigenvalue weighted by atomic mass is 10.1. The Morgan fingerprint density at radius 1 is 1.33 bits per heavy atom. The van der Waals surface area contributed by atoms with Crippen LogP contribution in [0.15, 0.2) is 23.9 Å². The van der Waals surface area contributed by atoms with Crippen LogP contribution in [0.5, 0.6) is 5.75 Å². The Labute approximate surface area is 155 Å². The number of benzene rings is 1. The Hall–Kier alpha value is -2.62.